The topological polar surface area (TPSA) is 76.8 Å². The monoisotopic (exact) mass is 490 g/mol. The van der Waals surface area contributed by atoms with E-state index in [0.29, 0.717) is 16.6 Å². The molecular weight excluding hydrogens is 473 g/mol. The summed E-state index contributed by atoms with van der Waals surface area (Å²) >= 11 is 2.54. The predicted octanol–water partition coefficient (Wildman–Crippen LogP) is 5.42. The van der Waals surface area contributed by atoms with Crippen molar-refractivity contribution in [2.45, 2.75) is 30.9 Å². The summed E-state index contributed by atoms with van der Waals surface area (Å²) in [6, 6.07) is 12.3. The molecule has 0 saturated carbocycles. The number of alkyl halides is 3. The average Bonchev–Trinajstić information content (AvgIpc) is 3.42. The second kappa shape index (κ2) is 9.32. The van der Waals surface area contributed by atoms with E-state index in [4.69, 9.17) is 0 Å². The molecule has 2 heterocycles. The number of amides is 1. The van der Waals surface area contributed by atoms with Gasteiger partial charge in [0.1, 0.15) is 0 Å². The number of rotatable bonds is 6. The van der Waals surface area contributed by atoms with Gasteiger partial charge in [0.05, 0.1) is 22.6 Å². The number of halogens is 3. The lowest BCUT2D eigenvalue weighted by Crippen LogP contribution is -2.23. The van der Waals surface area contributed by atoms with Gasteiger partial charge in [-0.1, -0.05) is 36.0 Å². The quantitative estimate of drug-likeness (QED) is 0.336. The molecule has 0 N–H and O–H groups in total. The molecule has 0 fully saturated rings. The van der Waals surface area contributed by atoms with Gasteiger partial charge in [-0.3, -0.25) is 9.69 Å². The first-order valence-corrected chi connectivity index (χ1v) is 11.5. The van der Waals surface area contributed by atoms with E-state index in [9.17, 15) is 18.0 Å². The van der Waals surface area contributed by atoms with Gasteiger partial charge in [0.2, 0.25) is 11.1 Å². The van der Waals surface area contributed by atoms with Crippen molar-refractivity contribution in [2.24, 2.45) is 0 Å². The highest BCUT2D eigenvalue weighted by atomic mass is 32.2. The molecule has 0 aliphatic rings. The van der Waals surface area contributed by atoms with Gasteiger partial charge in [0, 0.05) is 18.1 Å². The summed E-state index contributed by atoms with van der Waals surface area (Å²) in [6.07, 6.45) is -4.51. The Bertz CT molecular complexity index is 1290. The molecule has 170 valence electrons. The van der Waals surface area contributed by atoms with Crippen molar-refractivity contribution in [3.8, 4) is 5.69 Å². The lowest BCUT2D eigenvalue weighted by Gasteiger charge is -2.19. The van der Waals surface area contributed by atoms with Crippen molar-refractivity contribution in [3.05, 3.63) is 70.7 Å². The zero-order valence-corrected chi connectivity index (χ0v) is 19.1. The van der Waals surface area contributed by atoms with Crippen LogP contribution in [-0.2, 0) is 16.7 Å². The lowest BCUT2D eigenvalue weighted by atomic mass is 10.2. The third-order valence-corrected chi connectivity index (χ3v) is 6.44. The molecule has 0 aliphatic carbocycles. The van der Waals surface area contributed by atoms with Gasteiger partial charge in [0.15, 0.2) is 5.13 Å². The van der Waals surface area contributed by atoms with Crippen molar-refractivity contribution in [1.82, 2.24) is 25.2 Å². The van der Waals surface area contributed by atoms with E-state index in [2.05, 4.69) is 20.5 Å². The van der Waals surface area contributed by atoms with Crippen molar-refractivity contribution in [3.63, 3.8) is 0 Å². The van der Waals surface area contributed by atoms with E-state index in [1.807, 2.05) is 31.2 Å². The number of nitrogens with zero attached hydrogens (tertiary/aromatic N) is 6. The molecule has 0 spiro atoms. The zero-order chi connectivity index (χ0) is 23.6. The molecule has 33 heavy (non-hydrogen) atoms. The number of aryl methyl sites for hydroxylation is 1. The number of anilines is 2. The largest absolute Gasteiger partial charge is 0.416 e. The maximum atomic E-state index is 13.1. The van der Waals surface area contributed by atoms with Crippen LogP contribution >= 0.6 is 23.1 Å². The summed E-state index contributed by atoms with van der Waals surface area (Å²) < 4.78 is 41.0. The Hall–Kier alpha value is -3.25. The Balaban J connectivity index is 1.54. The fraction of sp³-hybridized carbons (Fsp3) is 0.190. The molecule has 1 amide bonds. The number of thiazole rings is 1. The standard InChI is InChI=1S/C21H17F3N6OS2/c1-13-6-3-4-9-18(13)30-20(26-27-28-30)33-12-16-11-32-19(25-16)29(14(2)31)17-8-5-7-15(10-17)21(22,23)24/h3-11H,12H2,1-2H3. The first-order valence-electron chi connectivity index (χ1n) is 9.63. The number of aromatic nitrogens is 5. The summed E-state index contributed by atoms with van der Waals surface area (Å²) in [7, 11) is 0. The van der Waals surface area contributed by atoms with E-state index >= 15 is 0 Å². The van der Waals surface area contributed by atoms with Crippen molar-refractivity contribution < 1.29 is 18.0 Å². The second-order valence-electron chi connectivity index (χ2n) is 6.97. The number of thioether (sulfide) groups is 1. The smallest absolute Gasteiger partial charge is 0.274 e. The Morgan fingerprint density at radius 1 is 1.18 bits per heavy atom. The number of hydrogen-bond acceptors (Lipinski definition) is 7. The van der Waals surface area contributed by atoms with Gasteiger partial charge in [-0.15, -0.1) is 16.4 Å². The van der Waals surface area contributed by atoms with Crippen LogP contribution in [0.2, 0.25) is 0 Å². The highest BCUT2D eigenvalue weighted by molar-refractivity contribution is 7.98. The predicted molar refractivity (Wildman–Crippen MR) is 120 cm³/mol. The maximum Gasteiger partial charge on any atom is 0.416 e. The first-order chi connectivity index (χ1) is 15.7. The van der Waals surface area contributed by atoms with Crippen LogP contribution in [0.1, 0.15) is 23.7 Å². The maximum absolute atomic E-state index is 13.1. The molecule has 4 rings (SSSR count). The minimum absolute atomic E-state index is 0.106. The van der Waals surface area contributed by atoms with Crippen LogP contribution in [0.4, 0.5) is 24.0 Å². The van der Waals surface area contributed by atoms with Gasteiger partial charge in [-0.25, -0.2) is 4.98 Å². The Morgan fingerprint density at radius 3 is 2.70 bits per heavy atom. The molecule has 0 bridgehead atoms. The molecule has 7 nitrogen and oxygen atoms in total. The normalized spacial score (nSPS) is 11.5. The van der Waals surface area contributed by atoms with Crippen LogP contribution in [-0.4, -0.2) is 31.1 Å². The van der Waals surface area contributed by atoms with E-state index in [1.165, 1.54) is 47.1 Å². The minimum Gasteiger partial charge on any atom is -0.274 e. The van der Waals surface area contributed by atoms with E-state index in [1.54, 1.807) is 10.1 Å². The molecule has 0 radical (unpaired) electrons. The lowest BCUT2D eigenvalue weighted by molar-refractivity contribution is -0.137. The fourth-order valence-electron chi connectivity index (χ4n) is 3.07. The molecule has 2 aromatic heterocycles. The fourth-order valence-corrected chi connectivity index (χ4v) is 4.84. The Morgan fingerprint density at radius 2 is 1.97 bits per heavy atom. The van der Waals surface area contributed by atoms with Crippen LogP contribution in [0.15, 0.2) is 59.1 Å². The summed E-state index contributed by atoms with van der Waals surface area (Å²) in [5.41, 5.74) is 1.80. The second-order valence-corrected chi connectivity index (χ2v) is 8.75. The Labute approximate surface area is 195 Å². The number of tetrazole rings is 1. The van der Waals surface area contributed by atoms with Gasteiger partial charge in [-0.05, 0) is 47.2 Å². The SMILES string of the molecule is CC(=O)N(c1cccc(C(F)(F)F)c1)c1nc(CSc2nnnn2-c2ccccc2C)cs1. The van der Waals surface area contributed by atoms with E-state index < -0.39 is 17.6 Å². The molecular formula is C21H17F3N6OS2. The molecule has 0 unspecified atom stereocenters. The molecule has 12 heteroatoms. The highest BCUT2D eigenvalue weighted by Crippen LogP contribution is 2.35. The summed E-state index contributed by atoms with van der Waals surface area (Å²) in [5, 5.41) is 14.5. The summed E-state index contributed by atoms with van der Waals surface area (Å²) in [4.78, 5) is 17.9. The molecule has 4 aromatic rings. The molecule has 2 aromatic carbocycles. The third-order valence-electron chi connectivity index (χ3n) is 4.61. The molecule has 0 atom stereocenters. The van der Waals surface area contributed by atoms with Crippen LogP contribution in [0.25, 0.3) is 5.69 Å². The minimum atomic E-state index is -4.51. The van der Waals surface area contributed by atoms with Crippen LogP contribution in [0.5, 0.6) is 0 Å². The number of carbonyl (C=O) groups is 1. The van der Waals surface area contributed by atoms with E-state index in [-0.39, 0.29) is 10.8 Å². The highest BCUT2D eigenvalue weighted by Gasteiger charge is 2.31. The number of benzene rings is 2. The van der Waals surface area contributed by atoms with Crippen LogP contribution in [0, 0.1) is 6.92 Å². The van der Waals surface area contributed by atoms with Gasteiger partial charge in [-0.2, -0.15) is 17.9 Å². The van der Waals surface area contributed by atoms with Crippen LogP contribution in [0.3, 0.4) is 0 Å². The zero-order valence-electron chi connectivity index (χ0n) is 17.4. The van der Waals surface area contributed by atoms with E-state index in [0.717, 1.165) is 23.4 Å². The number of hydrogen-bond donors (Lipinski definition) is 0. The summed E-state index contributed by atoms with van der Waals surface area (Å²) in [5.74, 6) is -0.0248. The summed E-state index contributed by atoms with van der Waals surface area (Å²) in [6.45, 7) is 3.24. The van der Waals surface area contributed by atoms with Crippen molar-refractivity contribution >= 4 is 39.8 Å². The Kier molecular flexibility index (Phi) is 6.47. The number of carbonyl (C=O) groups excluding carboxylic acids is 1. The van der Waals surface area contributed by atoms with Gasteiger partial charge < -0.3 is 0 Å². The third kappa shape index (κ3) is 5.06. The number of para-hydroxylation sites is 1. The van der Waals surface area contributed by atoms with Crippen LogP contribution < -0.4 is 4.90 Å². The molecule has 0 aliphatic heterocycles. The first kappa shape index (κ1) is 22.9. The van der Waals surface area contributed by atoms with Gasteiger partial charge >= 0.3 is 6.18 Å². The van der Waals surface area contributed by atoms with Crippen molar-refractivity contribution in [2.75, 3.05) is 4.90 Å². The van der Waals surface area contributed by atoms with Gasteiger partial charge in [0.25, 0.3) is 0 Å². The average molecular weight is 491 g/mol. The van der Waals surface area contributed by atoms with Crippen molar-refractivity contribution in [1.29, 1.82) is 0 Å². The molecule has 0 saturated heterocycles.